The minimum Gasteiger partial charge on any atom is -0.404 e. The summed E-state index contributed by atoms with van der Waals surface area (Å²) in [4.78, 5) is 7.18. The van der Waals surface area contributed by atoms with Crippen molar-refractivity contribution in [1.29, 1.82) is 5.26 Å². The number of hydrogen-bond donors (Lipinski definition) is 2. The van der Waals surface area contributed by atoms with E-state index in [0.29, 0.717) is 24.2 Å². The molecule has 3 heterocycles. The van der Waals surface area contributed by atoms with Crippen LogP contribution in [0.3, 0.4) is 0 Å². The average molecular weight is 542 g/mol. The molecule has 1 saturated heterocycles. The fourth-order valence-corrected chi connectivity index (χ4v) is 5.94. The number of nitrogens with zero attached hydrogens (tertiary/aromatic N) is 3. The molecule has 2 aromatic carbocycles. The number of alkyl halides is 3. The van der Waals surface area contributed by atoms with Gasteiger partial charge in [-0.2, -0.15) is 9.57 Å². The molecule has 8 nitrogen and oxygen atoms in total. The molecule has 0 saturated carbocycles. The quantitative estimate of drug-likeness (QED) is 0.344. The molecule has 2 N–H and O–H groups in total. The van der Waals surface area contributed by atoms with Crippen molar-refractivity contribution in [2.75, 3.05) is 18.4 Å². The molecule has 0 atom stereocenters. The Morgan fingerprint density at radius 2 is 1.76 bits per heavy atom. The van der Waals surface area contributed by atoms with Crippen LogP contribution in [0.4, 0.5) is 19.0 Å². The summed E-state index contributed by atoms with van der Waals surface area (Å²) in [5.41, 5.74) is 3.10. The van der Waals surface area contributed by atoms with E-state index in [2.05, 4.69) is 26.1 Å². The van der Waals surface area contributed by atoms with Gasteiger partial charge in [0.15, 0.2) is 0 Å². The number of benzene rings is 2. The fourth-order valence-electron chi connectivity index (χ4n) is 4.47. The number of ether oxygens (including phenoxy) is 1. The number of nitrogens with one attached hydrogen (secondary N) is 2. The number of halogens is 3. The lowest BCUT2D eigenvalue weighted by atomic mass is 10.0. The predicted octanol–water partition coefficient (Wildman–Crippen LogP) is 5.27. The van der Waals surface area contributed by atoms with Crippen LogP contribution in [0, 0.1) is 11.3 Å². The lowest BCUT2D eigenvalue weighted by Crippen LogP contribution is -2.42. The summed E-state index contributed by atoms with van der Waals surface area (Å²) in [5, 5.41) is 13.2. The van der Waals surface area contributed by atoms with Crippen LogP contribution in [-0.4, -0.2) is 48.2 Å². The van der Waals surface area contributed by atoms with Gasteiger partial charge >= 0.3 is 6.36 Å². The maximum atomic E-state index is 13.2. The summed E-state index contributed by atoms with van der Waals surface area (Å²) in [6, 6.07) is 17.0. The highest BCUT2D eigenvalue weighted by molar-refractivity contribution is 7.89. The minimum atomic E-state index is -4.78. The fraction of sp³-hybridized carbons (Fsp3) is 0.231. The van der Waals surface area contributed by atoms with Crippen LogP contribution < -0.4 is 10.1 Å². The number of H-pyrrole nitrogens is 1. The molecule has 12 heteroatoms. The van der Waals surface area contributed by atoms with Gasteiger partial charge in [-0.1, -0.05) is 18.2 Å². The summed E-state index contributed by atoms with van der Waals surface area (Å²) in [6.07, 6.45) is -1.12. The molecular weight excluding hydrogens is 519 g/mol. The second-order valence-electron chi connectivity index (χ2n) is 8.85. The Kier molecular flexibility index (Phi) is 6.73. The van der Waals surface area contributed by atoms with Crippen LogP contribution in [0.5, 0.6) is 5.75 Å². The van der Waals surface area contributed by atoms with Crippen molar-refractivity contribution in [3.8, 4) is 22.9 Å². The zero-order valence-corrected chi connectivity index (χ0v) is 20.7. The number of piperidine rings is 1. The number of nitriles is 1. The van der Waals surface area contributed by atoms with Gasteiger partial charge in [0.05, 0.1) is 16.7 Å². The molecule has 0 aliphatic carbocycles. The SMILES string of the molecule is N#Cc1c[nH]c2ccc(-c3ccc(S(=O)(=O)N4CCC(Nc5ccc(OC(F)(F)F)cn5)CC4)cc3)cc12. The molecule has 0 unspecified atom stereocenters. The maximum absolute atomic E-state index is 13.2. The largest absolute Gasteiger partial charge is 0.573 e. The molecule has 0 bridgehead atoms. The minimum absolute atomic E-state index is 0.0765. The van der Waals surface area contributed by atoms with Gasteiger partial charge in [0.2, 0.25) is 10.0 Å². The number of anilines is 1. The molecule has 1 aliphatic rings. The number of rotatable bonds is 6. The lowest BCUT2D eigenvalue weighted by molar-refractivity contribution is -0.274. The van der Waals surface area contributed by atoms with Gasteiger partial charge in [-0.05, 0) is 60.4 Å². The van der Waals surface area contributed by atoms with E-state index < -0.39 is 22.1 Å². The number of pyridine rings is 1. The molecule has 2 aromatic heterocycles. The van der Waals surface area contributed by atoms with Gasteiger partial charge in [0.1, 0.15) is 17.6 Å². The Morgan fingerprint density at radius 1 is 1.05 bits per heavy atom. The van der Waals surface area contributed by atoms with E-state index in [1.54, 1.807) is 30.5 Å². The van der Waals surface area contributed by atoms with E-state index in [1.807, 2.05) is 18.2 Å². The monoisotopic (exact) mass is 541 g/mol. The van der Waals surface area contributed by atoms with Gasteiger partial charge in [0, 0.05) is 36.2 Å². The molecular formula is C26H22F3N5O3S. The molecule has 196 valence electrons. The van der Waals surface area contributed by atoms with Crippen LogP contribution in [0.15, 0.2) is 71.9 Å². The van der Waals surface area contributed by atoms with Crippen molar-refractivity contribution in [2.45, 2.75) is 30.1 Å². The molecule has 1 fully saturated rings. The molecule has 38 heavy (non-hydrogen) atoms. The third kappa shape index (κ3) is 5.44. The van der Waals surface area contributed by atoms with Crippen LogP contribution in [0.2, 0.25) is 0 Å². The third-order valence-electron chi connectivity index (χ3n) is 6.40. The van der Waals surface area contributed by atoms with Gasteiger partial charge in [-0.25, -0.2) is 13.4 Å². The van der Waals surface area contributed by atoms with Crippen LogP contribution in [0.1, 0.15) is 18.4 Å². The van der Waals surface area contributed by atoms with Crippen molar-refractivity contribution in [1.82, 2.24) is 14.3 Å². The molecule has 1 aliphatic heterocycles. The van der Waals surface area contributed by atoms with E-state index in [1.165, 1.54) is 16.4 Å². The summed E-state index contributed by atoms with van der Waals surface area (Å²) in [6.45, 7) is 0.580. The first-order valence-corrected chi connectivity index (χ1v) is 13.2. The van der Waals surface area contributed by atoms with Gasteiger partial charge < -0.3 is 15.0 Å². The Labute approximate surface area is 216 Å². The van der Waals surface area contributed by atoms with Crippen molar-refractivity contribution in [2.24, 2.45) is 0 Å². The van der Waals surface area contributed by atoms with Crippen molar-refractivity contribution < 1.29 is 26.3 Å². The van der Waals surface area contributed by atoms with E-state index >= 15 is 0 Å². The van der Waals surface area contributed by atoms with E-state index in [4.69, 9.17) is 0 Å². The highest BCUT2D eigenvalue weighted by atomic mass is 32.2. The second-order valence-corrected chi connectivity index (χ2v) is 10.8. The van der Waals surface area contributed by atoms with E-state index in [-0.39, 0.29) is 24.0 Å². The van der Waals surface area contributed by atoms with E-state index in [9.17, 15) is 26.9 Å². The van der Waals surface area contributed by atoms with Crippen molar-refractivity contribution in [3.63, 3.8) is 0 Å². The summed E-state index contributed by atoms with van der Waals surface area (Å²) < 4.78 is 68.6. The highest BCUT2D eigenvalue weighted by Gasteiger charge is 2.32. The maximum Gasteiger partial charge on any atom is 0.573 e. The molecule has 0 radical (unpaired) electrons. The first-order valence-electron chi connectivity index (χ1n) is 11.7. The summed E-state index contributed by atoms with van der Waals surface area (Å²) in [7, 11) is -3.70. The number of aromatic nitrogens is 2. The molecule has 5 rings (SSSR count). The van der Waals surface area contributed by atoms with Crippen LogP contribution in [0.25, 0.3) is 22.0 Å². The third-order valence-corrected chi connectivity index (χ3v) is 8.32. The zero-order valence-electron chi connectivity index (χ0n) is 19.9. The smallest absolute Gasteiger partial charge is 0.404 e. The van der Waals surface area contributed by atoms with Gasteiger partial charge in [-0.15, -0.1) is 13.2 Å². The highest BCUT2D eigenvalue weighted by Crippen LogP contribution is 2.29. The Hall–Kier alpha value is -4.08. The summed E-state index contributed by atoms with van der Waals surface area (Å²) in [5.74, 6) is -0.0249. The Bertz CT molecular complexity index is 1590. The molecule has 4 aromatic rings. The number of sulfonamides is 1. The lowest BCUT2D eigenvalue weighted by Gasteiger charge is -2.32. The Balaban J connectivity index is 1.21. The zero-order chi connectivity index (χ0) is 26.9. The van der Waals surface area contributed by atoms with Gasteiger partial charge in [0.25, 0.3) is 0 Å². The number of hydrogen-bond acceptors (Lipinski definition) is 6. The van der Waals surface area contributed by atoms with Crippen LogP contribution >= 0.6 is 0 Å². The number of aromatic amines is 1. The average Bonchev–Trinajstić information content (AvgIpc) is 3.32. The van der Waals surface area contributed by atoms with Crippen LogP contribution in [-0.2, 0) is 10.0 Å². The van der Waals surface area contributed by atoms with Crippen molar-refractivity contribution >= 4 is 26.7 Å². The summed E-state index contributed by atoms with van der Waals surface area (Å²) >= 11 is 0. The first kappa shape index (κ1) is 25.6. The second kappa shape index (κ2) is 10.00. The van der Waals surface area contributed by atoms with E-state index in [0.717, 1.165) is 28.2 Å². The topological polar surface area (TPSA) is 111 Å². The normalized spacial score (nSPS) is 15.3. The van der Waals surface area contributed by atoms with Crippen molar-refractivity contribution in [3.05, 3.63) is 72.6 Å². The molecule has 0 spiro atoms. The number of fused-ring (bicyclic) bond motifs is 1. The standard InChI is InChI=1S/C26H22F3N5O3S/c27-26(28,29)37-21-4-8-25(32-16-21)33-20-9-11-34(12-10-20)38(35,36)22-5-1-17(2-6-22)18-3-7-24-23(13-18)19(14-30)15-31-24/h1-8,13,15-16,20,31H,9-12H2,(H,32,33). The predicted molar refractivity (Wildman–Crippen MR) is 135 cm³/mol. The van der Waals surface area contributed by atoms with Gasteiger partial charge in [-0.3, -0.25) is 0 Å². The molecule has 0 amide bonds. The first-order chi connectivity index (χ1) is 18.1. The Morgan fingerprint density at radius 3 is 2.39 bits per heavy atom.